The van der Waals surface area contributed by atoms with E-state index in [1.165, 1.54) is 16.8 Å². The minimum atomic E-state index is -0.191. The van der Waals surface area contributed by atoms with Crippen molar-refractivity contribution in [3.8, 4) is 0 Å². The van der Waals surface area contributed by atoms with Gasteiger partial charge in [0.1, 0.15) is 5.82 Å². The zero-order valence-corrected chi connectivity index (χ0v) is 12.2. The quantitative estimate of drug-likeness (QED) is 0.613. The molecule has 0 amide bonds. The Balaban J connectivity index is 2.04. The summed E-state index contributed by atoms with van der Waals surface area (Å²) in [6.07, 6.45) is 4.39. The number of anilines is 1. The molecule has 1 aromatic heterocycles. The van der Waals surface area contributed by atoms with E-state index in [-0.39, 0.29) is 17.7 Å². The lowest BCUT2D eigenvalue weighted by atomic mass is 9.93. The minimum Gasteiger partial charge on any atom is -0.393 e. The molecule has 1 aliphatic rings. The van der Waals surface area contributed by atoms with Gasteiger partial charge in [-0.2, -0.15) is 0 Å². The Bertz CT molecular complexity index is 586. The van der Waals surface area contributed by atoms with Gasteiger partial charge in [0.2, 0.25) is 0 Å². The first-order valence-corrected chi connectivity index (χ1v) is 7.12. The normalized spacial score (nSPS) is 21.6. The van der Waals surface area contributed by atoms with Crippen LogP contribution in [0, 0.1) is 5.41 Å². The van der Waals surface area contributed by atoms with Crippen LogP contribution in [0.5, 0.6) is 0 Å². The topological polar surface area (TPSA) is 90.1 Å². The smallest absolute Gasteiger partial charge is 0.251 e. The summed E-state index contributed by atoms with van der Waals surface area (Å²) in [5, 5.41) is 23.3. The Hall–Kier alpha value is -2.08. The van der Waals surface area contributed by atoms with Crippen molar-refractivity contribution in [3.63, 3.8) is 0 Å². The molecule has 6 heteroatoms. The van der Waals surface area contributed by atoms with Crippen LogP contribution in [-0.4, -0.2) is 28.0 Å². The molecule has 1 saturated carbocycles. The Kier molecular flexibility index (Phi) is 4.80. The second kappa shape index (κ2) is 6.58. The van der Waals surface area contributed by atoms with E-state index < -0.39 is 0 Å². The predicted octanol–water partition coefficient (Wildman–Crippen LogP) is 1.16. The van der Waals surface area contributed by atoms with Crippen LogP contribution in [0.1, 0.15) is 31.2 Å². The van der Waals surface area contributed by atoms with Gasteiger partial charge >= 0.3 is 0 Å². The molecule has 0 aromatic carbocycles. The fourth-order valence-electron chi connectivity index (χ4n) is 2.57. The fourth-order valence-corrected chi connectivity index (χ4v) is 2.57. The number of pyridine rings is 1. The van der Waals surface area contributed by atoms with Crippen molar-refractivity contribution < 1.29 is 5.11 Å². The molecule has 1 heterocycles. The zero-order chi connectivity index (χ0) is 15.4. The molecule has 0 unspecified atom stereocenters. The lowest BCUT2D eigenvalue weighted by Gasteiger charge is -2.28. The molecular weight excluding hydrogens is 268 g/mol. The van der Waals surface area contributed by atoms with Crippen molar-refractivity contribution in [3.05, 3.63) is 40.4 Å². The van der Waals surface area contributed by atoms with Gasteiger partial charge < -0.3 is 21.1 Å². The maximum Gasteiger partial charge on any atom is 0.251 e. The predicted molar refractivity (Wildman–Crippen MR) is 83.7 cm³/mol. The largest absolute Gasteiger partial charge is 0.393 e. The van der Waals surface area contributed by atoms with E-state index in [1.54, 1.807) is 13.1 Å². The van der Waals surface area contributed by atoms with E-state index >= 15 is 0 Å². The number of rotatable bonds is 5. The van der Waals surface area contributed by atoms with Crippen LogP contribution in [-0.2, 0) is 7.05 Å². The van der Waals surface area contributed by atoms with Crippen molar-refractivity contribution in [2.75, 3.05) is 5.32 Å². The number of hydrogen-bond donors (Lipinski definition) is 4. The highest BCUT2D eigenvalue weighted by Crippen LogP contribution is 2.19. The molecule has 114 valence electrons. The van der Waals surface area contributed by atoms with Gasteiger partial charge in [-0.25, -0.2) is 0 Å². The summed E-state index contributed by atoms with van der Waals surface area (Å²) in [4.78, 5) is 11.7. The summed E-state index contributed by atoms with van der Waals surface area (Å²) in [5.41, 5.74) is 0.482. The number of nitrogens with one attached hydrogen (secondary N) is 3. The van der Waals surface area contributed by atoms with Gasteiger partial charge in [-0.1, -0.05) is 6.58 Å². The number of aliphatic hydroxyl groups is 1. The van der Waals surface area contributed by atoms with Gasteiger partial charge in [-0.15, -0.1) is 0 Å². The van der Waals surface area contributed by atoms with E-state index in [0.717, 1.165) is 25.7 Å². The van der Waals surface area contributed by atoms with Crippen molar-refractivity contribution >= 4 is 12.0 Å². The summed E-state index contributed by atoms with van der Waals surface area (Å²) < 4.78 is 1.46. The third kappa shape index (κ3) is 3.72. The molecule has 0 aliphatic heterocycles. The molecule has 0 atom stereocenters. The standard InChI is InChI=1S/C15H22N4O2/c1-10(17-12-4-6-13(20)7-5-12)18-15-11(9-16)3-8-14(21)19(15)2/h3,8-9,12-13,16-18,20H,1,4-7H2,2H3. The SMILES string of the molecule is C=C(Nc1c(C=N)ccc(=O)n1C)NC1CCC(O)CC1. The lowest BCUT2D eigenvalue weighted by Crippen LogP contribution is -2.36. The van der Waals surface area contributed by atoms with Crippen LogP contribution in [0.4, 0.5) is 5.82 Å². The maximum absolute atomic E-state index is 11.7. The van der Waals surface area contributed by atoms with Crippen LogP contribution in [0.25, 0.3) is 0 Å². The van der Waals surface area contributed by atoms with Crippen LogP contribution in [0.15, 0.2) is 29.3 Å². The second-order valence-corrected chi connectivity index (χ2v) is 5.43. The molecule has 0 bridgehead atoms. The van der Waals surface area contributed by atoms with E-state index in [0.29, 0.717) is 17.2 Å². The van der Waals surface area contributed by atoms with Gasteiger partial charge in [0.15, 0.2) is 0 Å². The Morgan fingerprint density at radius 1 is 1.43 bits per heavy atom. The van der Waals surface area contributed by atoms with Gasteiger partial charge in [0.05, 0.1) is 11.9 Å². The first kappa shape index (κ1) is 15.3. The zero-order valence-electron chi connectivity index (χ0n) is 12.2. The van der Waals surface area contributed by atoms with Gasteiger partial charge in [-0.3, -0.25) is 9.36 Å². The molecule has 6 nitrogen and oxygen atoms in total. The highest BCUT2D eigenvalue weighted by molar-refractivity contribution is 5.84. The van der Waals surface area contributed by atoms with Gasteiger partial charge in [0, 0.05) is 30.9 Å². The van der Waals surface area contributed by atoms with Crippen LogP contribution in [0.2, 0.25) is 0 Å². The molecule has 1 aliphatic carbocycles. The maximum atomic E-state index is 11.7. The molecule has 4 N–H and O–H groups in total. The molecular formula is C15H22N4O2. The van der Waals surface area contributed by atoms with E-state index in [1.807, 2.05) is 0 Å². The fraction of sp³-hybridized carbons (Fsp3) is 0.467. The van der Waals surface area contributed by atoms with Crippen LogP contribution >= 0.6 is 0 Å². The summed E-state index contributed by atoms with van der Waals surface area (Å²) in [7, 11) is 1.65. The van der Waals surface area contributed by atoms with Crippen LogP contribution in [0.3, 0.4) is 0 Å². The van der Waals surface area contributed by atoms with Crippen molar-refractivity contribution in [2.24, 2.45) is 7.05 Å². The molecule has 1 fully saturated rings. The Morgan fingerprint density at radius 2 is 2.10 bits per heavy atom. The molecule has 21 heavy (non-hydrogen) atoms. The lowest BCUT2D eigenvalue weighted by molar-refractivity contribution is 0.119. The van der Waals surface area contributed by atoms with Crippen molar-refractivity contribution in [1.29, 1.82) is 5.41 Å². The third-order valence-corrected chi connectivity index (χ3v) is 3.84. The molecule has 2 rings (SSSR count). The van der Waals surface area contributed by atoms with E-state index in [4.69, 9.17) is 5.41 Å². The summed E-state index contributed by atoms with van der Waals surface area (Å²) in [6, 6.07) is 3.32. The minimum absolute atomic E-state index is 0.142. The highest BCUT2D eigenvalue weighted by Gasteiger charge is 2.19. The Morgan fingerprint density at radius 3 is 2.71 bits per heavy atom. The molecule has 0 radical (unpaired) electrons. The van der Waals surface area contributed by atoms with Gasteiger partial charge in [-0.05, 0) is 31.7 Å². The van der Waals surface area contributed by atoms with E-state index in [9.17, 15) is 9.90 Å². The molecule has 0 spiro atoms. The van der Waals surface area contributed by atoms with Crippen molar-refractivity contribution in [2.45, 2.75) is 37.8 Å². The number of nitrogens with zero attached hydrogens (tertiary/aromatic N) is 1. The summed E-state index contributed by atoms with van der Waals surface area (Å²) >= 11 is 0. The highest BCUT2D eigenvalue weighted by atomic mass is 16.3. The number of aliphatic hydroxyl groups excluding tert-OH is 1. The first-order valence-electron chi connectivity index (χ1n) is 7.12. The second-order valence-electron chi connectivity index (χ2n) is 5.43. The average Bonchev–Trinajstić information content (AvgIpc) is 2.47. The van der Waals surface area contributed by atoms with Crippen molar-refractivity contribution in [1.82, 2.24) is 9.88 Å². The number of hydrogen-bond acceptors (Lipinski definition) is 5. The first-order chi connectivity index (χ1) is 10.0. The van der Waals surface area contributed by atoms with E-state index in [2.05, 4.69) is 17.2 Å². The molecule has 0 saturated heterocycles. The Labute approximate surface area is 124 Å². The summed E-state index contributed by atoms with van der Waals surface area (Å²) in [5.74, 6) is 1.14. The summed E-state index contributed by atoms with van der Waals surface area (Å²) in [6.45, 7) is 3.93. The van der Waals surface area contributed by atoms with Gasteiger partial charge in [0.25, 0.3) is 5.56 Å². The monoisotopic (exact) mass is 290 g/mol. The number of aromatic nitrogens is 1. The van der Waals surface area contributed by atoms with Crippen LogP contribution < -0.4 is 16.2 Å². The molecule has 1 aromatic rings. The third-order valence-electron chi connectivity index (χ3n) is 3.84. The average molecular weight is 290 g/mol.